The lowest BCUT2D eigenvalue weighted by Gasteiger charge is -2.10. The van der Waals surface area contributed by atoms with Gasteiger partial charge in [-0.2, -0.15) is 5.26 Å². The predicted octanol–water partition coefficient (Wildman–Crippen LogP) is 1.71. The number of carbonyl (C=O) groups excluding carboxylic acids is 1. The Balaban J connectivity index is 2.22. The van der Waals surface area contributed by atoms with Gasteiger partial charge in [-0.25, -0.2) is 0 Å². The minimum absolute atomic E-state index is 0.309. The highest BCUT2D eigenvalue weighted by molar-refractivity contribution is 6.34. The number of anilines is 1. The number of nitrogens with two attached hydrogens (primary N) is 1. The minimum Gasteiger partial charge on any atom is -0.399 e. The Labute approximate surface area is 98.0 Å². The maximum Gasteiger partial charge on any atom is 0.254 e. The summed E-state index contributed by atoms with van der Waals surface area (Å²) in [6.45, 7) is 0. The number of nitrogen functional groups attached to an aromatic ring is 1. The third-order valence-electron chi connectivity index (χ3n) is 2.55. The van der Waals surface area contributed by atoms with E-state index in [0.717, 1.165) is 0 Å². The van der Waals surface area contributed by atoms with Crippen LogP contribution in [0.15, 0.2) is 18.2 Å². The van der Waals surface area contributed by atoms with Crippen LogP contribution in [0.1, 0.15) is 23.2 Å². The molecule has 0 atom stereocenters. The van der Waals surface area contributed by atoms with E-state index in [4.69, 9.17) is 22.6 Å². The molecule has 1 saturated carbocycles. The number of nitriles is 1. The number of benzene rings is 1. The lowest BCUT2D eigenvalue weighted by molar-refractivity contribution is 0.0942. The first-order valence-corrected chi connectivity index (χ1v) is 5.23. The number of amides is 1. The molecule has 0 saturated heterocycles. The van der Waals surface area contributed by atoms with Gasteiger partial charge in [-0.3, -0.25) is 4.79 Å². The van der Waals surface area contributed by atoms with E-state index in [1.807, 2.05) is 0 Å². The number of carbonyl (C=O) groups is 1. The van der Waals surface area contributed by atoms with Crippen molar-refractivity contribution in [3.63, 3.8) is 0 Å². The zero-order chi connectivity index (χ0) is 11.8. The van der Waals surface area contributed by atoms with Crippen molar-refractivity contribution < 1.29 is 4.79 Å². The Bertz CT molecular complexity index is 488. The summed E-state index contributed by atoms with van der Waals surface area (Å²) < 4.78 is 0. The van der Waals surface area contributed by atoms with Crippen LogP contribution in [0.5, 0.6) is 0 Å². The molecule has 1 aromatic carbocycles. The largest absolute Gasteiger partial charge is 0.399 e. The van der Waals surface area contributed by atoms with Crippen LogP contribution in [0.25, 0.3) is 0 Å². The maximum atomic E-state index is 11.8. The second kappa shape index (κ2) is 3.69. The molecule has 1 aromatic rings. The van der Waals surface area contributed by atoms with Crippen molar-refractivity contribution in [2.75, 3.05) is 5.73 Å². The van der Waals surface area contributed by atoms with Gasteiger partial charge in [0.05, 0.1) is 16.7 Å². The van der Waals surface area contributed by atoms with Gasteiger partial charge >= 0.3 is 0 Å². The SMILES string of the molecule is N#CC1(NC(=O)c2cc(N)ccc2Cl)CC1. The molecule has 0 spiro atoms. The van der Waals surface area contributed by atoms with Crippen molar-refractivity contribution in [3.05, 3.63) is 28.8 Å². The highest BCUT2D eigenvalue weighted by Gasteiger charge is 2.44. The number of halogens is 1. The second-order valence-corrected chi connectivity index (χ2v) is 4.29. The number of nitrogens with zero attached hydrogens (tertiary/aromatic N) is 1. The van der Waals surface area contributed by atoms with Gasteiger partial charge < -0.3 is 11.1 Å². The van der Waals surface area contributed by atoms with Crippen LogP contribution in [0.4, 0.5) is 5.69 Å². The summed E-state index contributed by atoms with van der Waals surface area (Å²) in [6.07, 6.45) is 1.38. The molecule has 3 N–H and O–H groups in total. The molecule has 0 unspecified atom stereocenters. The Morgan fingerprint density at radius 2 is 2.25 bits per heavy atom. The molecule has 0 heterocycles. The first-order valence-electron chi connectivity index (χ1n) is 4.85. The van der Waals surface area contributed by atoms with Crippen molar-refractivity contribution in [2.24, 2.45) is 0 Å². The van der Waals surface area contributed by atoms with Crippen LogP contribution in [-0.4, -0.2) is 11.4 Å². The minimum atomic E-state index is -0.689. The van der Waals surface area contributed by atoms with E-state index in [9.17, 15) is 4.79 Å². The monoisotopic (exact) mass is 235 g/mol. The highest BCUT2D eigenvalue weighted by Crippen LogP contribution is 2.35. The molecule has 1 amide bonds. The molecule has 1 aliphatic rings. The molecule has 2 rings (SSSR count). The average Bonchev–Trinajstić information content (AvgIpc) is 3.02. The fourth-order valence-electron chi connectivity index (χ4n) is 1.39. The summed E-state index contributed by atoms with van der Waals surface area (Å²) in [5, 5.41) is 11.8. The van der Waals surface area contributed by atoms with E-state index >= 15 is 0 Å². The maximum absolute atomic E-state index is 11.8. The standard InChI is InChI=1S/C11H10ClN3O/c12-9-2-1-7(14)5-8(9)10(16)15-11(6-13)3-4-11/h1-2,5H,3-4,14H2,(H,15,16). The van der Waals surface area contributed by atoms with E-state index in [1.165, 1.54) is 6.07 Å². The van der Waals surface area contributed by atoms with Gasteiger partial charge in [0.1, 0.15) is 5.54 Å². The highest BCUT2D eigenvalue weighted by atomic mass is 35.5. The molecule has 5 heteroatoms. The molecule has 4 nitrogen and oxygen atoms in total. The second-order valence-electron chi connectivity index (χ2n) is 3.89. The number of nitrogens with one attached hydrogen (secondary N) is 1. The Hall–Kier alpha value is -1.73. The Morgan fingerprint density at radius 1 is 1.56 bits per heavy atom. The van der Waals surface area contributed by atoms with Crippen LogP contribution in [0.3, 0.4) is 0 Å². The quantitative estimate of drug-likeness (QED) is 0.766. The number of hydrogen-bond donors (Lipinski definition) is 2. The molecule has 0 aliphatic heterocycles. The normalized spacial score (nSPS) is 16.2. The lowest BCUT2D eigenvalue weighted by atomic mass is 10.1. The summed E-state index contributed by atoms with van der Waals surface area (Å²) in [5.74, 6) is -0.351. The van der Waals surface area contributed by atoms with E-state index in [1.54, 1.807) is 12.1 Å². The molecule has 0 radical (unpaired) electrons. The summed E-state index contributed by atoms with van der Waals surface area (Å²) in [5.41, 5.74) is 5.66. The lowest BCUT2D eigenvalue weighted by Crippen LogP contribution is -2.35. The van der Waals surface area contributed by atoms with Crippen LogP contribution < -0.4 is 11.1 Å². The van der Waals surface area contributed by atoms with Gasteiger partial charge in [-0.05, 0) is 31.0 Å². The fraction of sp³-hybridized carbons (Fsp3) is 0.273. The number of hydrogen-bond acceptors (Lipinski definition) is 3. The summed E-state index contributed by atoms with van der Waals surface area (Å²) in [6, 6.07) is 6.77. The molecular weight excluding hydrogens is 226 g/mol. The molecule has 1 aliphatic carbocycles. The number of rotatable bonds is 2. The molecular formula is C11H10ClN3O. The fourth-order valence-corrected chi connectivity index (χ4v) is 1.59. The van der Waals surface area contributed by atoms with Crippen molar-refractivity contribution in [1.82, 2.24) is 5.32 Å². The first-order chi connectivity index (χ1) is 7.56. The molecule has 82 valence electrons. The van der Waals surface area contributed by atoms with Gasteiger partial charge in [0.2, 0.25) is 0 Å². The van der Waals surface area contributed by atoms with E-state index in [2.05, 4.69) is 11.4 Å². The van der Waals surface area contributed by atoms with Crippen LogP contribution in [0.2, 0.25) is 5.02 Å². The molecule has 1 fully saturated rings. The Kier molecular flexibility index (Phi) is 2.49. The van der Waals surface area contributed by atoms with Gasteiger partial charge in [-0.1, -0.05) is 11.6 Å². The zero-order valence-corrected chi connectivity index (χ0v) is 9.21. The first kappa shape index (κ1) is 10.8. The van der Waals surface area contributed by atoms with E-state index in [0.29, 0.717) is 29.1 Å². The van der Waals surface area contributed by atoms with Crippen molar-refractivity contribution in [1.29, 1.82) is 5.26 Å². The van der Waals surface area contributed by atoms with Gasteiger partial charge in [0, 0.05) is 5.69 Å². The van der Waals surface area contributed by atoms with Gasteiger partial charge in [0.15, 0.2) is 0 Å². The summed E-state index contributed by atoms with van der Waals surface area (Å²) in [4.78, 5) is 11.8. The topological polar surface area (TPSA) is 78.9 Å². The molecule has 16 heavy (non-hydrogen) atoms. The zero-order valence-electron chi connectivity index (χ0n) is 8.46. The van der Waals surface area contributed by atoms with Crippen molar-refractivity contribution >= 4 is 23.2 Å². The van der Waals surface area contributed by atoms with Gasteiger partial charge in [0.25, 0.3) is 5.91 Å². The average molecular weight is 236 g/mol. The summed E-state index contributed by atoms with van der Waals surface area (Å²) in [7, 11) is 0. The molecule has 0 bridgehead atoms. The van der Waals surface area contributed by atoms with Crippen molar-refractivity contribution in [3.8, 4) is 6.07 Å². The van der Waals surface area contributed by atoms with Crippen LogP contribution in [-0.2, 0) is 0 Å². The third kappa shape index (κ3) is 1.95. The third-order valence-corrected chi connectivity index (χ3v) is 2.88. The Morgan fingerprint density at radius 3 is 2.81 bits per heavy atom. The van der Waals surface area contributed by atoms with Crippen LogP contribution in [0, 0.1) is 11.3 Å². The summed E-state index contributed by atoms with van der Waals surface area (Å²) >= 11 is 5.88. The van der Waals surface area contributed by atoms with E-state index < -0.39 is 5.54 Å². The molecule has 0 aromatic heterocycles. The van der Waals surface area contributed by atoms with Crippen molar-refractivity contribution in [2.45, 2.75) is 18.4 Å². The van der Waals surface area contributed by atoms with E-state index in [-0.39, 0.29) is 5.91 Å². The predicted molar refractivity (Wildman–Crippen MR) is 60.9 cm³/mol. The van der Waals surface area contributed by atoms with Gasteiger partial charge in [-0.15, -0.1) is 0 Å². The van der Waals surface area contributed by atoms with Crippen LogP contribution >= 0.6 is 11.6 Å². The smallest absolute Gasteiger partial charge is 0.254 e.